The molecule has 28 heavy (non-hydrogen) atoms. The molecule has 0 aromatic heterocycles. The van der Waals surface area contributed by atoms with Gasteiger partial charge in [-0.25, -0.2) is 0 Å². The maximum Gasteiger partial charge on any atom is 0.191 e. The predicted molar refractivity (Wildman–Crippen MR) is 113 cm³/mol. The Labute approximate surface area is 168 Å². The molecule has 0 radical (unpaired) electrons. The van der Waals surface area contributed by atoms with Gasteiger partial charge in [0.2, 0.25) is 0 Å². The summed E-state index contributed by atoms with van der Waals surface area (Å²) >= 11 is 0. The first-order valence-corrected chi connectivity index (χ1v) is 10.5. The lowest BCUT2D eigenvalue weighted by molar-refractivity contribution is -0.127. The van der Waals surface area contributed by atoms with Crippen LogP contribution in [0.15, 0.2) is 66.4 Å². The number of ketones is 1. The van der Waals surface area contributed by atoms with Crippen LogP contribution in [0, 0.1) is 5.92 Å². The summed E-state index contributed by atoms with van der Waals surface area (Å²) in [4.78, 5) is 15.2. The highest BCUT2D eigenvalue weighted by Gasteiger charge is 2.38. The van der Waals surface area contributed by atoms with Crippen LogP contribution in [0.25, 0.3) is 0 Å². The monoisotopic (exact) mass is 375 g/mol. The van der Waals surface area contributed by atoms with Gasteiger partial charge < -0.3 is 9.64 Å². The molecule has 0 bridgehead atoms. The molecule has 2 aliphatic rings. The van der Waals surface area contributed by atoms with E-state index >= 15 is 0 Å². The van der Waals surface area contributed by atoms with Gasteiger partial charge >= 0.3 is 0 Å². The fourth-order valence-corrected chi connectivity index (χ4v) is 3.75. The van der Waals surface area contributed by atoms with Crippen molar-refractivity contribution in [3.63, 3.8) is 0 Å². The van der Waals surface area contributed by atoms with E-state index in [0.29, 0.717) is 19.1 Å². The van der Waals surface area contributed by atoms with Crippen molar-refractivity contribution in [1.29, 1.82) is 0 Å². The van der Waals surface area contributed by atoms with Crippen molar-refractivity contribution in [2.75, 3.05) is 11.4 Å². The van der Waals surface area contributed by atoms with Crippen LogP contribution in [0.3, 0.4) is 0 Å². The zero-order chi connectivity index (χ0) is 19.3. The first-order chi connectivity index (χ1) is 13.7. The minimum absolute atomic E-state index is 0.175. The second-order valence-electron chi connectivity index (χ2n) is 7.93. The van der Waals surface area contributed by atoms with Gasteiger partial charge in [0.05, 0.1) is 13.2 Å². The van der Waals surface area contributed by atoms with Crippen LogP contribution in [-0.2, 0) is 22.6 Å². The molecule has 1 heterocycles. The Kier molecular flexibility index (Phi) is 5.92. The smallest absolute Gasteiger partial charge is 0.191 e. The Morgan fingerprint density at radius 3 is 2.43 bits per heavy atom. The zero-order valence-electron chi connectivity index (χ0n) is 16.6. The summed E-state index contributed by atoms with van der Waals surface area (Å²) in [7, 11) is 0. The van der Waals surface area contributed by atoms with Gasteiger partial charge in [0.25, 0.3) is 0 Å². The quantitative estimate of drug-likeness (QED) is 0.627. The summed E-state index contributed by atoms with van der Waals surface area (Å²) in [5, 5.41) is 0. The molecule has 1 fully saturated rings. The van der Waals surface area contributed by atoms with E-state index in [1.165, 1.54) is 18.4 Å². The number of benzene rings is 2. The Balaban J connectivity index is 1.49. The van der Waals surface area contributed by atoms with Crippen molar-refractivity contribution < 1.29 is 9.53 Å². The number of anilines is 1. The summed E-state index contributed by atoms with van der Waals surface area (Å²) in [5.74, 6) is 0.594. The first-order valence-electron chi connectivity index (χ1n) is 10.5. The van der Waals surface area contributed by atoms with E-state index in [2.05, 4.69) is 42.3 Å². The lowest BCUT2D eigenvalue weighted by Crippen LogP contribution is -2.42. The molecule has 0 spiro atoms. The lowest BCUT2D eigenvalue weighted by atomic mass is 9.98. The third-order valence-electron chi connectivity index (χ3n) is 5.63. The SMILES string of the molecule is CCCCc1ccc(N2C=C(C3CC3)C(=O)C(OCc3ccccc3)C2)cc1. The first kappa shape index (κ1) is 18.9. The van der Waals surface area contributed by atoms with Gasteiger partial charge in [-0.05, 0) is 54.9 Å². The van der Waals surface area contributed by atoms with E-state index in [0.717, 1.165) is 36.1 Å². The van der Waals surface area contributed by atoms with Gasteiger partial charge in [0, 0.05) is 17.5 Å². The van der Waals surface area contributed by atoms with Crippen molar-refractivity contribution >= 4 is 11.5 Å². The molecule has 1 atom stereocenters. The maximum atomic E-state index is 13.0. The number of ether oxygens (including phenoxy) is 1. The number of carbonyl (C=O) groups is 1. The van der Waals surface area contributed by atoms with E-state index in [9.17, 15) is 4.79 Å². The van der Waals surface area contributed by atoms with Gasteiger partial charge in [-0.2, -0.15) is 0 Å². The highest BCUT2D eigenvalue weighted by atomic mass is 16.5. The molecule has 0 saturated heterocycles. The van der Waals surface area contributed by atoms with Crippen LogP contribution >= 0.6 is 0 Å². The van der Waals surface area contributed by atoms with Crippen LogP contribution in [0.4, 0.5) is 5.69 Å². The molecule has 0 amide bonds. The van der Waals surface area contributed by atoms with E-state index in [-0.39, 0.29) is 5.78 Å². The van der Waals surface area contributed by atoms with Crippen LogP contribution in [-0.4, -0.2) is 18.4 Å². The fourth-order valence-electron chi connectivity index (χ4n) is 3.75. The molecule has 3 nitrogen and oxygen atoms in total. The Morgan fingerprint density at radius 1 is 1.00 bits per heavy atom. The van der Waals surface area contributed by atoms with E-state index in [4.69, 9.17) is 4.74 Å². The minimum atomic E-state index is -0.402. The van der Waals surface area contributed by atoms with Crippen LogP contribution in [0.1, 0.15) is 43.7 Å². The van der Waals surface area contributed by atoms with Crippen molar-refractivity contribution in [2.24, 2.45) is 5.92 Å². The molecule has 1 saturated carbocycles. The van der Waals surface area contributed by atoms with E-state index in [1.54, 1.807) is 0 Å². The zero-order valence-corrected chi connectivity index (χ0v) is 16.6. The molecule has 1 aliphatic carbocycles. The molecular weight excluding hydrogens is 346 g/mol. The molecular formula is C25H29NO2. The Bertz CT molecular complexity index is 821. The highest BCUT2D eigenvalue weighted by molar-refractivity contribution is 6.01. The van der Waals surface area contributed by atoms with E-state index in [1.807, 2.05) is 30.3 Å². The molecule has 0 N–H and O–H groups in total. The Hall–Kier alpha value is -2.39. The van der Waals surface area contributed by atoms with Crippen LogP contribution < -0.4 is 4.90 Å². The maximum absolute atomic E-state index is 13.0. The van der Waals surface area contributed by atoms with Crippen molar-refractivity contribution in [3.05, 3.63) is 77.5 Å². The molecule has 2 aromatic carbocycles. The summed E-state index contributed by atoms with van der Waals surface area (Å²) in [6, 6.07) is 18.9. The fraction of sp³-hybridized carbons (Fsp3) is 0.400. The normalized spacial score (nSPS) is 19.6. The van der Waals surface area contributed by atoms with Crippen molar-refractivity contribution in [1.82, 2.24) is 0 Å². The summed E-state index contributed by atoms with van der Waals surface area (Å²) in [6.07, 6.45) is 7.47. The topological polar surface area (TPSA) is 29.5 Å². The third-order valence-corrected chi connectivity index (χ3v) is 5.63. The second kappa shape index (κ2) is 8.74. The second-order valence-corrected chi connectivity index (χ2v) is 7.93. The third kappa shape index (κ3) is 4.53. The van der Waals surface area contributed by atoms with Crippen molar-refractivity contribution in [2.45, 2.75) is 51.7 Å². The Morgan fingerprint density at radius 2 is 1.75 bits per heavy atom. The molecule has 1 unspecified atom stereocenters. The number of nitrogens with zero attached hydrogens (tertiary/aromatic N) is 1. The molecule has 2 aromatic rings. The number of Topliss-reactive ketones (excluding diaryl/α,β-unsaturated/α-hetero) is 1. The molecule has 146 valence electrons. The molecule has 1 aliphatic heterocycles. The van der Waals surface area contributed by atoms with Gasteiger partial charge in [-0.15, -0.1) is 0 Å². The van der Waals surface area contributed by atoms with Gasteiger partial charge in [-0.1, -0.05) is 55.8 Å². The summed E-state index contributed by atoms with van der Waals surface area (Å²) in [6.45, 7) is 3.27. The van der Waals surface area contributed by atoms with Gasteiger partial charge in [0.15, 0.2) is 5.78 Å². The number of aryl methyl sites for hydroxylation is 1. The van der Waals surface area contributed by atoms with Crippen molar-refractivity contribution in [3.8, 4) is 0 Å². The van der Waals surface area contributed by atoms with Crippen LogP contribution in [0.2, 0.25) is 0 Å². The number of hydrogen-bond donors (Lipinski definition) is 0. The average molecular weight is 376 g/mol. The predicted octanol–water partition coefficient (Wildman–Crippen LogP) is 5.30. The van der Waals surface area contributed by atoms with Gasteiger partial charge in [0.1, 0.15) is 6.10 Å². The number of rotatable bonds is 8. The van der Waals surface area contributed by atoms with Crippen LogP contribution in [0.5, 0.6) is 0 Å². The number of hydrogen-bond acceptors (Lipinski definition) is 3. The minimum Gasteiger partial charge on any atom is -0.363 e. The van der Waals surface area contributed by atoms with Gasteiger partial charge in [-0.3, -0.25) is 4.79 Å². The molecule has 3 heteroatoms. The van der Waals surface area contributed by atoms with E-state index < -0.39 is 6.10 Å². The largest absolute Gasteiger partial charge is 0.363 e. The lowest BCUT2D eigenvalue weighted by Gasteiger charge is -2.32. The number of carbonyl (C=O) groups excluding carboxylic acids is 1. The standard InChI is InChI=1S/C25H29NO2/c1-2-3-7-19-10-14-22(15-11-19)26-16-23(21-12-13-21)25(27)24(17-26)28-18-20-8-5-4-6-9-20/h4-6,8-11,14-16,21,24H,2-3,7,12-13,17-18H2,1H3. The summed E-state index contributed by atoms with van der Waals surface area (Å²) in [5.41, 5.74) is 4.56. The molecule has 4 rings (SSSR count). The highest BCUT2D eigenvalue weighted by Crippen LogP contribution is 2.40. The summed E-state index contributed by atoms with van der Waals surface area (Å²) < 4.78 is 6.09. The average Bonchev–Trinajstić information content (AvgIpc) is 3.58. The number of unbranched alkanes of at least 4 members (excludes halogenated alkanes) is 1.